The number of fused-ring (bicyclic) bond motifs is 1. The molecule has 35 heavy (non-hydrogen) atoms. The summed E-state index contributed by atoms with van der Waals surface area (Å²) in [6, 6.07) is 11.8. The SMILES string of the molecule is O=C(COC(=O)c1c(NC(=O)c2cccnc2)sc2c1CCCC2)NC(=O)NCc1ccccc1. The van der Waals surface area contributed by atoms with Crippen LogP contribution in [0.4, 0.5) is 9.80 Å². The number of hydrogen-bond donors (Lipinski definition) is 3. The van der Waals surface area contributed by atoms with E-state index in [1.807, 2.05) is 30.3 Å². The number of ether oxygens (including phenoxy) is 1. The number of esters is 1. The van der Waals surface area contributed by atoms with Crippen molar-refractivity contribution < 1.29 is 23.9 Å². The van der Waals surface area contributed by atoms with Gasteiger partial charge in [0.2, 0.25) is 0 Å². The number of hydrogen-bond acceptors (Lipinski definition) is 7. The van der Waals surface area contributed by atoms with Gasteiger partial charge in [-0.2, -0.15) is 0 Å². The van der Waals surface area contributed by atoms with Crippen molar-refractivity contribution in [2.45, 2.75) is 32.2 Å². The largest absolute Gasteiger partial charge is 0.452 e. The molecule has 2 aromatic heterocycles. The van der Waals surface area contributed by atoms with E-state index in [9.17, 15) is 19.2 Å². The molecule has 0 aliphatic heterocycles. The molecule has 0 unspecified atom stereocenters. The minimum absolute atomic E-state index is 0.251. The number of carbonyl (C=O) groups excluding carboxylic acids is 4. The van der Waals surface area contributed by atoms with E-state index in [1.54, 1.807) is 18.3 Å². The monoisotopic (exact) mass is 492 g/mol. The van der Waals surface area contributed by atoms with Crippen LogP contribution in [0.2, 0.25) is 0 Å². The first kappa shape index (κ1) is 24.1. The third-order valence-electron chi connectivity index (χ3n) is 5.41. The van der Waals surface area contributed by atoms with Gasteiger partial charge in [0.05, 0.1) is 11.1 Å². The lowest BCUT2D eigenvalue weighted by atomic mass is 9.95. The highest BCUT2D eigenvalue weighted by Crippen LogP contribution is 2.38. The molecule has 0 spiro atoms. The summed E-state index contributed by atoms with van der Waals surface area (Å²) in [5, 5.41) is 7.89. The summed E-state index contributed by atoms with van der Waals surface area (Å²) in [5.74, 6) is -1.86. The fourth-order valence-corrected chi connectivity index (χ4v) is 5.00. The lowest BCUT2D eigenvalue weighted by Crippen LogP contribution is -2.41. The number of carbonyl (C=O) groups is 4. The molecule has 2 heterocycles. The molecule has 0 atom stereocenters. The fraction of sp³-hybridized carbons (Fsp3) is 0.240. The standard InChI is InChI=1S/C25H24N4O5S/c30-20(28-25(33)27-13-16-7-2-1-3-8-16)15-34-24(32)21-18-10-4-5-11-19(18)35-23(21)29-22(31)17-9-6-12-26-14-17/h1-3,6-9,12,14H,4-5,10-11,13,15H2,(H,29,31)(H2,27,28,30,33). The van der Waals surface area contributed by atoms with Gasteiger partial charge in [-0.15, -0.1) is 11.3 Å². The Morgan fingerprint density at radius 2 is 1.80 bits per heavy atom. The third-order valence-corrected chi connectivity index (χ3v) is 6.62. The second-order valence-electron chi connectivity index (χ2n) is 7.90. The average molecular weight is 493 g/mol. The van der Waals surface area contributed by atoms with E-state index in [-0.39, 0.29) is 12.1 Å². The highest BCUT2D eigenvalue weighted by atomic mass is 32.1. The van der Waals surface area contributed by atoms with Gasteiger partial charge in [-0.05, 0) is 48.9 Å². The first-order valence-corrected chi connectivity index (χ1v) is 12.0. The Morgan fingerprint density at radius 3 is 2.57 bits per heavy atom. The summed E-state index contributed by atoms with van der Waals surface area (Å²) in [5.41, 5.74) is 2.35. The molecule has 0 saturated heterocycles. The number of aromatic nitrogens is 1. The summed E-state index contributed by atoms with van der Waals surface area (Å²) < 4.78 is 5.22. The smallest absolute Gasteiger partial charge is 0.341 e. The van der Waals surface area contributed by atoms with Crippen molar-refractivity contribution in [3.63, 3.8) is 0 Å². The maximum Gasteiger partial charge on any atom is 0.341 e. The van der Waals surface area contributed by atoms with Gasteiger partial charge in [0.25, 0.3) is 11.8 Å². The summed E-state index contributed by atoms with van der Waals surface area (Å²) in [4.78, 5) is 54.7. The molecule has 0 radical (unpaired) electrons. The molecule has 1 aliphatic carbocycles. The maximum absolute atomic E-state index is 13.0. The van der Waals surface area contributed by atoms with Gasteiger partial charge in [-0.25, -0.2) is 9.59 Å². The average Bonchev–Trinajstić information content (AvgIpc) is 3.25. The number of thiophene rings is 1. The Bertz CT molecular complexity index is 1230. The number of imide groups is 1. The lowest BCUT2D eigenvalue weighted by molar-refractivity contribution is -0.123. The van der Waals surface area contributed by atoms with Gasteiger partial charge in [-0.3, -0.25) is 19.9 Å². The van der Waals surface area contributed by atoms with Crippen molar-refractivity contribution in [3.8, 4) is 0 Å². The highest BCUT2D eigenvalue weighted by molar-refractivity contribution is 7.17. The zero-order valence-electron chi connectivity index (χ0n) is 18.8. The summed E-state index contributed by atoms with van der Waals surface area (Å²) >= 11 is 1.34. The molecule has 1 aromatic carbocycles. The summed E-state index contributed by atoms with van der Waals surface area (Å²) in [6.07, 6.45) is 6.42. The van der Waals surface area contributed by atoms with Gasteiger partial charge < -0.3 is 15.4 Å². The lowest BCUT2D eigenvalue weighted by Gasteiger charge is -2.13. The van der Waals surface area contributed by atoms with Gasteiger partial charge in [-0.1, -0.05) is 30.3 Å². The normalized spacial score (nSPS) is 12.2. The Hall–Kier alpha value is -4.05. The first-order chi connectivity index (χ1) is 17.0. The number of nitrogens with one attached hydrogen (secondary N) is 3. The van der Waals surface area contributed by atoms with Crippen molar-refractivity contribution in [2.75, 3.05) is 11.9 Å². The van der Waals surface area contributed by atoms with Crippen LogP contribution in [0.3, 0.4) is 0 Å². The second kappa shape index (κ2) is 11.4. The molecule has 10 heteroatoms. The zero-order chi connectivity index (χ0) is 24.6. The Kier molecular flexibility index (Phi) is 7.84. The number of aryl methyl sites for hydroxylation is 1. The summed E-state index contributed by atoms with van der Waals surface area (Å²) in [7, 11) is 0. The molecule has 3 N–H and O–H groups in total. The molecule has 0 bridgehead atoms. The van der Waals surface area contributed by atoms with E-state index in [0.29, 0.717) is 17.0 Å². The van der Waals surface area contributed by atoms with Crippen molar-refractivity contribution in [1.82, 2.24) is 15.6 Å². The van der Waals surface area contributed by atoms with Gasteiger partial charge in [0.1, 0.15) is 5.00 Å². The van der Waals surface area contributed by atoms with Crippen LogP contribution >= 0.6 is 11.3 Å². The Labute approximate surface area is 205 Å². The predicted molar refractivity (Wildman–Crippen MR) is 130 cm³/mol. The minimum Gasteiger partial charge on any atom is -0.452 e. The van der Waals surface area contributed by atoms with Crippen LogP contribution in [0.25, 0.3) is 0 Å². The van der Waals surface area contributed by atoms with Crippen molar-refractivity contribution >= 4 is 40.2 Å². The van der Waals surface area contributed by atoms with Crippen molar-refractivity contribution in [1.29, 1.82) is 0 Å². The van der Waals surface area contributed by atoms with Crippen molar-refractivity contribution in [3.05, 3.63) is 82.0 Å². The first-order valence-electron chi connectivity index (χ1n) is 11.2. The number of nitrogens with zero attached hydrogens (tertiary/aromatic N) is 1. The number of amides is 4. The number of urea groups is 1. The van der Waals surface area contributed by atoms with E-state index >= 15 is 0 Å². The quantitative estimate of drug-likeness (QED) is 0.434. The highest BCUT2D eigenvalue weighted by Gasteiger charge is 2.28. The van der Waals surface area contributed by atoms with E-state index in [2.05, 4.69) is 20.9 Å². The zero-order valence-corrected chi connectivity index (χ0v) is 19.7. The molecule has 180 valence electrons. The molecule has 9 nitrogen and oxygen atoms in total. The fourth-order valence-electron chi connectivity index (χ4n) is 3.73. The number of benzene rings is 1. The van der Waals surface area contributed by atoms with E-state index < -0.39 is 30.4 Å². The molecule has 3 aromatic rings. The molecule has 4 rings (SSSR count). The van der Waals surface area contributed by atoms with Crippen LogP contribution in [-0.2, 0) is 28.9 Å². The van der Waals surface area contributed by atoms with Crippen LogP contribution in [0, 0.1) is 0 Å². The number of pyridine rings is 1. The van der Waals surface area contributed by atoms with E-state index in [1.165, 1.54) is 17.5 Å². The third kappa shape index (κ3) is 6.30. The maximum atomic E-state index is 13.0. The van der Waals surface area contributed by atoms with Gasteiger partial charge in [0.15, 0.2) is 6.61 Å². The number of rotatable bonds is 7. The van der Waals surface area contributed by atoms with Crippen molar-refractivity contribution in [2.24, 2.45) is 0 Å². The van der Waals surface area contributed by atoms with Crippen LogP contribution in [0.1, 0.15) is 49.6 Å². The molecular weight excluding hydrogens is 468 g/mol. The minimum atomic E-state index is -0.756. The van der Waals surface area contributed by atoms with Crippen LogP contribution < -0.4 is 16.0 Å². The van der Waals surface area contributed by atoms with Crippen LogP contribution in [0.15, 0.2) is 54.9 Å². The number of anilines is 1. The Balaban J connectivity index is 1.37. The van der Waals surface area contributed by atoms with Gasteiger partial charge in [0, 0.05) is 23.8 Å². The summed E-state index contributed by atoms with van der Waals surface area (Å²) in [6.45, 7) is -0.376. The van der Waals surface area contributed by atoms with E-state index in [0.717, 1.165) is 35.3 Å². The molecule has 1 aliphatic rings. The van der Waals surface area contributed by atoms with E-state index in [4.69, 9.17) is 4.74 Å². The predicted octanol–water partition coefficient (Wildman–Crippen LogP) is 3.46. The molecule has 4 amide bonds. The Morgan fingerprint density at radius 1 is 1.00 bits per heavy atom. The molecular formula is C25H24N4O5S. The molecule has 0 saturated carbocycles. The van der Waals surface area contributed by atoms with Crippen LogP contribution in [0.5, 0.6) is 0 Å². The molecule has 0 fully saturated rings. The van der Waals surface area contributed by atoms with Gasteiger partial charge >= 0.3 is 12.0 Å². The second-order valence-corrected chi connectivity index (χ2v) is 9.01. The van der Waals surface area contributed by atoms with Crippen LogP contribution in [-0.4, -0.2) is 35.4 Å². The topological polar surface area (TPSA) is 126 Å².